The maximum absolute atomic E-state index is 14.3. The van der Waals surface area contributed by atoms with E-state index >= 15 is 0 Å². The molecule has 0 aliphatic rings. The van der Waals surface area contributed by atoms with Gasteiger partial charge in [0.15, 0.2) is 5.82 Å². The first-order valence-corrected chi connectivity index (χ1v) is 10.2. The third-order valence-corrected chi connectivity index (χ3v) is 4.98. The van der Waals surface area contributed by atoms with Crippen molar-refractivity contribution in [2.75, 3.05) is 6.54 Å². The summed E-state index contributed by atoms with van der Waals surface area (Å²) < 4.78 is 29.9. The third-order valence-electron chi connectivity index (χ3n) is 4.98. The molecule has 0 saturated carbocycles. The zero-order chi connectivity index (χ0) is 20.8. The molecule has 4 nitrogen and oxygen atoms in total. The van der Waals surface area contributed by atoms with Crippen LogP contribution in [0.1, 0.15) is 55.7 Å². The number of aryl methyl sites for hydroxylation is 1. The maximum atomic E-state index is 14.3. The van der Waals surface area contributed by atoms with Crippen LogP contribution < -0.4 is 0 Å². The molecule has 1 heterocycles. The Kier molecular flexibility index (Phi) is 6.96. The normalized spacial score (nSPS) is 11.2. The first kappa shape index (κ1) is 21.0. The Balaban J connectivity index is 1.95. The van der Waals surface area contributed by atoms with Crippen molar-refractivity contribution in [3.8, 4) is 0 Å². The van der Waals surface area contributed by atoms with Crippen molar-refractivity contribution in [2.24, 2.45) is 0 Å². The van der Waals surface area contributed by atoms with Crippen LogP contribution in [-0.2, 0) is 13.1 Å². The van der Waals surface area contributed by atoms with Gasteiger partial charge in [0.25, 0.3) is 5.91 Å². The number of unbranched alkanes of at least 4 members (excludes halogenated alkanes) is 2. The molecule has 0 aliphatic carbocycles. The zero-order valence-corrected chi connectivity index (χ0v) is 17.0. The molecule has 2 aromatic carbocycles. The van der Waals surface area contributed by atoms with Crippen molar-refractivity contribution in [2.45, 2.75) is 52.6 Å². The minimum Gasteiger partial charge on any atom is -0.331 e. The molecule has 0 fully saturated rings. The number of hydrogen-bond donors (Lipinski definition) is 0. The summed E-state index contributed by atoms with van der Waals surface area (Å²) >= 11 is 0. The zero-order valence-electron chi connectivity index (χ0n) is 17.0. The van der Waals surface area contributed by atoms with Gasteiger partial charge in [0.2, 0.25) is 0 Å². The van der Waals surface area contributed by atoms with Crippen LogP contribution in [0.2, 0.25) is 0 Å². The van der Waals surface area contributed by atoms with Gasteiger partial charge in [-0.25, -0.2) is 13.8 Å². The van der Waals surface area contributed by atoms with Gasteiger partial charge in [-0.15, -0.1) is 0 Å². The summed E-state index contributed by atoms with van der Waals surface area (Å²) in [4.78, 5) is 19.3. The number of benzene rings is 2. The topological polar surface area (TPSA) is 38.1 Å². The van der Waals surface area contributed by atoms with Gasteiger partial charge >= 0.3 is 0 Å². The van der Waals surface area contributed by atoms with E-state index in [9.17, 15) is 13.6 Å². The molecule has 1 amide bonds. The van der Waals surface area contributed by atoms with E-state index in [0.29, 0.717) is 30.0 Å². The van der Waals surface area contributed by atoms with E-state index in [1.165, 1.54) is 24.3 Å². The van der Waals surface area contributed by atoms with Crippen LogP contribution in [0.3, 0.4) is 0 Å². The van der Waals surface area contributed by atoms with Crippen molar-refractivity contribution in [3.05, 3.63) is 65.5 Å². The number of amides is 1. The summed E-state index contributed by atoms with van der Waals surface area (Å²) in [5, 5.41) is 0. The standard InChI is InChI=1S/C23H27F2N3O/c1-3-5-6-14-27(23(29)17-9-7-10-18(24)15-17)16-21-26-22-19(25)11-8-12-20(22)28(21)13-4-2/h7-12,15H,3-6,13-14,16H2,1-2H3. The smallest absolute Gasteiger partial charge is 0.254 e. The molecule has 3 rings (SSSR count). The maximum Gasteiger partial charge on any atom is 0.254 e. The summed E-state index contributed by atoms with van der Waals surface area (Å²) in [7, 11) is 0. The molecular weight excluding hydrogens is 372 g/mol. The van der Waals surface area contributed by atoms with Crippen molar-refractivity contribution >= 4 is 16.9 Å². The van der Waals surface area contributed by atoms with Crippen LogP contribution in [-0.4, -0.2) is 26.9 Å². The fraction of sp³-hybridized carbons (Fsp3) is 0.391. The molecule has 6 heteroatoms. The summed E-state index contributed by atoms with van der Waals surface area (Å²) in [6.45, 7) is 5.63. The molecule has 0 unspecified atom stereocenters. The number of imidazole rings is 1. The number of para-hydroxylation sites is 1. The number of hydrogen-bond acceptors (Lipinski definition) is 2. The van der Waals surface area contributed by atoms with E-state index in [-0.39, 0.29) is 18.3 Å². The number of halogens is 2. The van der Waals surface area contributed by atoms with Crippen molar-refractivity contribution in [1.82, 2.24) is 14.5 Å². The van der Waals surface area contributed by atoms with Crippen molar-refractivity contribution < 1.29 is 13.6 Å². The minimum absolute atomic E-state index is 0.240. The fourth-order valence-corrected chi connectivity index (χ4v) is 3.53. The van der Waals surface area contributed by atoms with E-state index in [1.807, 2.05) is 17.6 Å². The van der Waals surface area contributed by atoms with E-state index in [2.05, 4.69) is 11.9 Å². The summed E-state index contributed by atoms with van der Waals surface area (Å²) in [6.07, 6.45) is 3.73. The van der Waals surface area contributed by atoms with Crippen LogP contribution in [0.5, 0.6) is 0 Å². The average molecular weight is 399 g/mol. The number of carbonyl (C=O) groups excluding carboxylic acids is 1. The fourth-order valence-electron chi connectivity index (χ4n) is 3.53. The molecule has 0 aliphatic heterocycles. The molecule has 1 aromatic heterocycles. The molecular formula is C23H27F2N3O. The van der Waals surface area contributed by atoms with Gasteiger partial charge in [-0.2, -0.15) is 0 Å². The third kappa shape index (κ3) is 4.81. The van der Waals surface area contributed by atoms with Crippen molar-refractivity contribution in [3.63, 3.8) is 0 Å². The average Bonchev–Trinajstić information content (AvgIpc) is 3.06. The van der Waals surface area contributed by atoms with Gasteiger partial charge in [-0.05, 0) is 43.2 Å². The van der Waals surface area contributed by atoms with E-state index in [4.69, 9.17) is 0 Å². The predicted octanol–water partition coefficient (Wildman–Crippen LogP) is 5.56. The number of nitrogens with zero attached hydrogens (tertiary/aromatic N) is 3. The summed E-state index contributed by atoms with van der Waals surface area (Å²) in [5.74, 6) is -0.401. The second-order valence-electron chi connectivity index (χ2n) is 7.23. The monoisotopic (exact) mass is 399 g/mol. The van der Waals surface area contributed by atoms with Gasteiger partial charge in [0.05, 0.1) is 12.1 Å². The van der Waals surface area contributed by atoms with Crippen LogP contribution in [0.25, 0.3) is 11.0 Å². The number of carbonyl (C=O) groups is 1. The summed E-state index contributed by atoms with van der Waals surface area (Å²) in [6, 6.07) is 10.6. The van der Waals surface area contributed by atoms with Crippen LogP contribution in [0, 0.1) is 11.6 Å². The first-order chi connectivity index (χ1) is 14.0. The van der Waals surface area contributed by atoms with Gasteiger partial charge in [-0.1, -0.05) is 38.8 Å². The van der Waals surface area contributed by atoms with E-state index < -0.39 is 5.82 Å². The Bertz CT molecular complexity index is 983. The van der Waals surface area contributed by atoms with Crippen LogP contribution in [0.15, 0.2) is 42.5 Å². The Labute approximate surface area is 170 Å². The molecule has 0 radical (unpaired) electrons. The SMILES string of the molecule is CCCCCN(Cc1nc2c(F)cccc2n1CCC)C(=O)c1cccc(F)c1. The van der Waals surface area contributed by atoms with Crippen LogP contribution in [0.4, 0.5) is 8.78 Å². The number of aromatic nitrogens is 2. The Morgan fingerprint density at radius 2 is 1.86 bits per heavy atom. The number of rotatable bonds is 9. The summed E-state index contributed by atoms with van der Waals surface area (Å²) in [5.41, 5.74) is 1.36. The minimum atomic E-state index is -0.440. The van der Waals surface area contributed by atoms with Gasteiger partial charge in [-0.3, -0.25) is 4.79 Å². The number of fused-ring (bicyclic) bond motifs is 1. The lowest BCUT2D eigenvalue weighted by atomic mass is 10.1. The highest BCUT2D eigenvalue weighted by Gasteiger charge is 2.21. The quantitative estimate of drug-likeness (QED) is 0.442. The molecule has 154 valence electrons. The molecule has 0 bridgehead atoms. The van der Waals surface area contributed by atoms with Crippen molar-refractivity contribution in [1.29, 1.82) is 0 Å². The second-order valence-corrected chi connectivity index (χ2v) is 7.23. The van der Waals surface area contributed by atoms with Gasteiger partial charge in [0, 0.05) is 18.7 Å². The predicted molar refractivity (Wildman–Crippen MR) is 111 cm³/mol. The van der Waals surface area contributed by atoms with E-state index in [0.717, 1.165) is 31.2 Å². The first-order valence-electron chi connectivity index (χ1n) is 10.2. The highest BCUT2D eigenvalue weighted by molar-refractivity contribution is 5.94. The Hall–Kier alpha value is -2.76. The molecule has 29 heavy (non-hydrogen) atoms. The highest BCUT2D eigenvalue weighted by Crippen LogP contribution is 2.22. The molecule has 3 aromatic rings. The Morgan fingerprint density at radius 1 is 1.07 bits per heavy atom. The second kappa shape index (κ2) is 9.63. The van der Waals surface area contributed by atoms with Gasteiger partial charge < -0.3 is 9.47 Å². The molecule has 0 spiro atoms. The van der Waals surface area contributed by atoms with Gasteiger partial charge in [0.1, 0.15) is 17.2 Å². The highest BCUT2D eigenvalue weighted by atomic mass is 19.1. The van der Waals surface area contributed by atoms with Crippen LogP contribution >= 0.6 is 0 Å². The molecule has 0 atom stereocenters. The van der Waals surface area contributed by atoms with E-state index in [1.54, 1.807) is 17.0 Å². The lowest BCUT2D eigenvalue weighted by Gasteiger charge is -2.23. The molecule has 0 N–H and O–H groups in total. The molecule has 0 saturated heterocycles. The largest absolute Gasteiger partial charge is 0.331 e. The lowest BCUT2D eigenvalue weighted by molar-refractivity contribution is 0.0733. The lowest BCUT2D eigenvalue weighted by Crippen LogP contribution is -2.32. The Morgan fingerprint density at radius 3 is 2.59 bits per heavy atom.